The minimum Gasteiger partial charge on any atom is -0.294 e. The van der Waals surface area contributed by atoms with E-state index in [1.54, 1.807) is 0 Å². The van der Waals surface area contributed by atoms with Crippen LogP contribution in [0, 0.1) is 0 Å². The summed E-state index contributed by atoms with van der Waals surface area (Å²) in [5, 5.41) is 10.3. The quantitative estimate of drug-likeness (QED) is 0.820. The van der Waals surface area contributed by atoms with Crippen LogP contribution in [-0.4, -0.2) is 38.7 Å². The van der Waals surface area contributed by atoms with Gasteiger partial charge in [-0.05, 0) is 11.6 Å². The lowest BCUT2D eigenvalue weighted by Crippen LogP contribution is -2.39. The zero-order chi connectivity index (χ0) is 10.8. The molecule has 2 heterocycles. The number of aromatic nitrogens is 2. The van der Waals surface area contributed by atoms with Crippen LogP contribution in [0.15, 0.2) is 0 Å². The zero-order valence-corrected chi connectivity index (χ0v) is 11.2. The first kappa shape index (κ1) is 11.6. The van der Waals surface area contributed by atoms with Gasteiger partial charge in [0.05, 0.1) is 6.54 Å². The summed E-state index contributed by atoms with van der Waals surface area (Å²) in [4.78, 5) is 2.43. The van der Waals surface area contributed by atoms with Crippen LogP contribution in [0.25, 0.3) is 0 Å². The van der Waals surface area contributed by atoms with Crippen LogP contribution in [-0.2, 0) is 6.54 Å². The number of hydrogen-bond donors (Lipinski definition) is 0. The van der Waals surface area contributed by atoms with Crippen molar-refractivity contribution in [1.29, 1.82) is 0 Å². The van der Waals surface area contributed by atoms with Crippen molar-refractivity contribution in [3.63, 3.8) is 0 Å². The average molecular weight is 264 g/mol. The first-order valence-corrected chi connectivity index (χ1v) is 7.13. The molecule has 0 radical (unpaired) electrons. The summed E-state index contributed by atoms with van der Waals surface area (Å²) < 4.78 is 0.539. The topological polar surface area (TPSA) is 29.0 Å². The van der Waals surface area contributed by atoms with Crippen LogP contribution in [0.1, 0.15) is 18.9 Å². The smallest absolute Gasteiger partial charge is 0.207 e. The Morgan fingerprint density at radius 2 is 2.00 bits per heavy atom. The highest BCUT2D eigenvalue weighted by atomic mass is 35.5. The molecule has 0 bridgehead atoms. The molecule has 0 amide bonds. The Bertz CT molecular complexity index is 321. The normalized spacial score (nSPS) is 28.2. The number of rotatable bonds is 2. The van der Waals surface area contributed by atoms with Crippen molar-refractivity contribution in [2.75, 3.05) is 13.1 Å². The van der Waals surface area contributed by atoms with Crippen LogP contribution in [0.4, 0.5) is 0 Å². The average Bonchev–Trinajstić information content (AvgIpc) is 2.49. The van der Waals surface area contributed by atoms with Crippen molar-refractivity contribution in [3.05, 3.63) is 9.47 Å². The van der Waals surface area contributed by atoms with Gasteiger partial charge in [0.15, 0.2) is 0 Å². The van der Waals surface area contributed by atoms with E-state index in [1.165, 1.54) is 11.3 Å². The van der Waals surface area contributed by atoms with Crippen molar-refractivity contribution < 1.29 is 0 Å². The molecule has 1 fully saturated rings. The molecule has 0 aliphatic carbocycles. The minimum absolute atomic E-state index is 0.539. The van der Waals surface area contributed by atoms with Crippen LogP contribution in [0.2, 0.25) is 4.47 Å². The zero-order valence-electron chi connectivity index (χ0n) is 8.81. The SMILES string of the molecule is CC1CN(Cc2nnc(Cl)s2)CC(C)S1. The van der Waals surface area contributed by atoms with Crippen LogP contribution in [0.5, 0.6) is 0 Å². The molecule has 0 saturated carbocycles. The molecule has 1 aromatic rings. The summed E-state index contributed by atoms with van der Waals surface area (Å²) in [5.74, 6) is 0. The Kier molecular flexibility index (Phi) is 3.88. The van der Waals surface area contributed by atoms with E-state index in [4.69, 9.17) is 11.6 Å². The van der Waals surface area contributed by atoms with Gasteiger partial charge in [-0.3, -0.25) is 4.90 Å². The summed E-state index contributed by atoms with van der Waals surface area (Å²) in [6, 6.07) is 0. The van der Waals surface area contributed by atoms with Gasteiger partial charge < -0.3 is 0 Å². The molecule has 84 valence electrons. The molecule has 0 spiro atoms. The molecule has 0 N–H and O–H groups in total. The monoisotopic (exact) mass is 263 g/mol. The third-order valence-electron chi connectivity index (χ3n) is 2.30. The summed E-state index contributed by atoms with van der Waals surface area (Å²) >= 11 is 9.30. The van der Waals surface area contributed by atoms with Gasteiger partial charge in [0.25, 0.3) is 0 Å². The standard InChI is InChI=1S/C9H14ClN3S2/c1-6-3-13(4-7(2)14-6)5-8-11-12-9(10)15-8/h6-7H,3-5H2,1-2H3. The van der Waals surface area contributed by atoms with Crippen LogP contribution >= 0.6 is 34.7 Å². The molecule has 2 atom stereocenters. The van der Waals surface area contributed by atoms with Gasteiger partial charge >= 0.3 is 0 Å². The molecule has 6 heteroatoms. The van der Waals surface area contributed by atoms with Crippen molar-refractivity contribution in [2.24, 2.45) is 0 Å². The number of nitrogens with zero attached hydrogens (tertiary/aromatic N) is 3. The molecular formula is C9H14ClN3S2. The van der Waals surface area contributed by atoms with Crippen molar-refractivity contribution >= 4 is 34.7 Å². The van der Waals surface area contributed by atoms with E-state index >= 15 is 0 Å². The number of halogens is 1. The van der Waals surface area contributed by atoms with Gasteiger partial charge in [-0.2, -0.15) is 11.8 Å². The molecule has 1 aromatic heterocycles. The summed E-state index contributed by atoms with van der Waals surface area (Å²) in [5.41, 5.74) is 0. The maximum Gasteiger partial charge on any atom is 0.207 e. The van der Waals surface area contributed by atoms with Crippen molar-refractivity contribution in [2.45, 2.75) is 30.9 Å². The molecule has 3 nitrogen and oxygen atoms in total. The Labute approximate surface area is 103 Å². The van der Waals surface area contributed by atoms with Gasteiger partial charge in [-0.15, -0.1) is 10.2 Å². The van der Waals surface area contributed by atoms with Crippen LogP contribution < -0.4 is 0 Å². The number of hydrogen-bond acceptors (Lipinski definition) is 5. The largest absolute Gasteiger partial charge is 0.294 e. The highest BCUT2D eigenvalue weighted by Crippen LogP contribution is 2.26. The van der Waals surface area contributed by atoms with Gasteiger partial charge in [-0.25, -0.2) is 0 Å². The molecule has 2 unspecified atom stereocenters. The van der Waals surface area contributed by atoms with E-state index < -0.39 is 0 Å². The predicted molar refractivity (Wildman–Crippen MR) is 66.7 cm³/mol. The van der Waals surface area contributed by atoms with E-state index in [0.29, 0.717) is 15.0 Å². The van der Waals surface area contributed by atoms with Crippen LogP contribution in [0.3, 0.4) is 0 Å². The van der Waals surface area contributed by atoms with Gasteiger partial charge in [0.1, 0.15) is 5.01 Å². The fourth-order valence-corrected chi connectivity index (χ4v) is 4.20. The fourth-order valence-electron chi connectivity index (χ4n) is 1.90. The lowest BCUT2D eigenvalue weighted by molar-refractivity contribution is 0.262. The predicted octanol–water partition coefficient (Wildman–Crippen LogP) is 2.52. The molecule has 1 aliphatic rings. The van der Waals surface area contributed by atoms with Crippen molar-refractivity contribution in [1.82, 2.24) is 15.1 Å². The third-order valence-corrected chi connectivity index (χ3v) is 4.53. The van der Waals surface area contributed by atoms with Crippen molar-refractivity contribution in [3.8, 4) is 0 Å². The lowest BCUT2D eigenvalue weighted by Gasteiger charge is -2.33. The van der Waals surface area contributed by atoms with E-state index in [-0.39, 0.29) is 0 Å². The Balaban J connectivity index is 1.94. The second-order valence-corrected chi connectivity index (χ2v) is 7.43. The molecule has 1 saturated heterocycles. The van der Waals surface area contributed by atoms with E-state index in [9.17, 15) is 0 Å². The second kappa shape index (κ2) is 4.99. The summed E-state index contributed by atoms with van der Waals surface area (Å²) in [6.45, 7) is 7.71. The molecular weight excluding hydrogens is 250 g/mol. The van der Waals surface area contributed by atoms with Gasteiger partial charge in [-0.1, -0.05) is 25.2 Å². The minimum atomic E-state index is 0.539. The molecule has 1 aliphatic heterocycles. The maximum absolute atomic E-state index is 5.76. The highest BCUT2D eigenvalue weighted by Gasteiger charge is 2.22. The lowest BCUT2D eigenvalue weighted by atomic mass is 10.3. The Morgan fingerprint density at radius 3 is 2.53 bits per heavy atom. The van der Waals surface area contributed by atoms with E-state index in [1.807, 2.05) is 0 Å². The highest BCUT2D eigenvalue weighted by molar-refractivity contribution is 8.00. The summed E-state index contributed by atoms with van der Waals surface area (Å²) in [6.07, 6.45) is 0. The number of thioether (sulfide) groups is 1. The first-order valence-electron chi connectivity index (χ1n) is 4.99. The Hall–Kier alpha value is 0.160. The molecule has 15 heavy (non-hydrogen) atoms. The van der Waals surface area contributed by atoms with Gasteiger partial charge in [0, 0.05) is 23.6 Å². The Morgan fingerprint density at radius 1 is 1.33 bits per heavy atom. The van der Waals surface area contributed by atoms with Gasteiger partial charge in [0.2, 0.25) is 4.47 Å². The van der Waals surface area contributed by atoms with E-state index in [0.717, 1.165) is 24.6 Å². The fraction of sp³-hybridized carbons (Fsp3) is 0.778. The first-order chi connectivity index (χ1) is 7.13. The third kappa shape index (κ3) is 3.31. The summed E-state index contributed by atoms with van der Waals surface area (Å²) in [7, 11) is 0. The molecule has 2 rings (SSSR count). The maximum atomic E-state index is 5.76. The van der Waals surface area contributed by atoms with E-state index in [2.05, 4.69) is 40.7 Å². The second-order valence-electron chi connectivity index (χ2n) is 3.90. The molecule has 0 aromatic carbocycles.